The van der Waals surface area contributed by atoms with Gasteiger partial charge in [0.15, 0.2) is 5.96 Å². The zero-order valence-electron chi connectivity index (χ0n) is 13.1. The summed E-state index contributed by atoms with van der Waals surface area (Å²) in [6.07, 6.45) is 2.56. The van der Waals surface area contributed by atoms with Crippen molar-refractivity contribution in [2.45, 2.75) is 26.3 Å². The molecule has 2 aromatic rings. The van der Waals surface area contributed by atoms with Crippen LogP contribution in [0.25, 0.3) is 10.8 Å². The largest absolute Gasteiger partial charge is 0.357 e. The molecule has 0 atom stereocenters. The van der Waals surface area contributed by atoms with Crippen molar-refractivity contribution in [1.82, 2.24) is 10.2 Å². The second kappa shape index (κ2) is 8.36. The molecule has 1 fully saturated rings. The molecule has 0 spiro atoms. The summed E-state index contributed by atoms with van der Waals surface area (Å²) in [7, 11) is 0. The Morgan fingerprint density at radius 3 is 2.55 bits per heavy atom. The second-order valence-corrected chi connectivity index (χ2v) is 5.55. The number of hydrogen-bond donors (Lipinski definition) is 1. The van der Waals surface area contributed by atoms with Crippen LogP contribution in [0.1, 0.15) is 25.3 Å². The molecule has 0 aromatic heterocycles. The Hall–Kier alpha value is -1.30. The number of likely N-dealkylation sites (tertiary alicyclic amines) is 1. The maximum Gasteiger partial charge on any atom is 0.194 e. The molecule has 1 aliphatic rings. The van der Waals surface area contributed by atoms with Crippen molar-refractivity contribution in [2.24, 2.45) is 4.99 Å². The first-order chi connectivity index (χ1) is 10.4. The van der Waals surface area contributed by atoms with E-state index in [4.69, 9.17) is 4.99 Å². The summed E-state index contributed by atoms with van der Waals surface area (Å²) in [5, 5.41) is 5.98. The lowest BCUT2D eigenvalue weighted by atomic mass is 10.1. The third kappa shape index (κ3) is 4.12. The first-order valence-electron chi connectivity index (χ1n) is 7.88. The number of aliphatic imine (C=N–C) groups is 1. The highest BCUT2D eigenvalue weighted by molar-refractivity contribution is 14.0. The molecule has 1 aliphatic heterocycles. The van der Waals surface area contributed by atoms with Gasteiger partial charge >= 0.3 is 0 Å². The minimum Gasteiger partial charge on any atom is -0.357 e. The number of nitrogens with one attached hydrogen (secondary N) is 1. The van der Waals surface area contributed by atoms with Crippen LogP contribution in [0.4, 0.5) is 0 Å². The molecule has 0 saturated carbocycles. The smallest absolute Gasteiger partial charge is 0.194 e. The summed E-state index contributed by atoms with van der Waals surface area (Å²) < 4.78 is 0. The van der Waals surface area contributed by atoms with Crippen molar-refractivity contribution in [1.29, 1.82) is 0 Å². The van der Waals surface area contributed by atoms with Gasteiger partial charge in [0.25, 0.3) is 0 Å². The van der Waals surface area contributed by atoms with Crippen molar-refractivity contribution >= 4 is 40.7 Å². The van der Waals surface area contributed by atoms with Gasteiger partial charge < -0.3 is 10.2 Å². The fourth-order valence-corrected chi connectivity index (χ4v) is 2.86. The highest BCUT2D eigenvalue weighted by atomic mass is 127. The van der Waals surface area contributed by atoms with E-state index in [0.717, 1.165) is 32.1 Å². The van der Waals surface area contributed by atoms with E-state index in [1.165, 1.54) is 29.2 Å². The summed E-state index contributed by atoms with van der Waals surface area (Å²) in [6.45, 7) is 6.05. The summed E-state index contributed by atoms with van der Waals surface area (Å²) in [5.74, 6) is 1.06. The van der Waals surface area contributed by atoms with Crippen LogP contribution in [-0.4, -0.2) is 30.5 Å². The second-order valence-electron chi connectivity index (χ2n) is 5.55. The molecule has 1 heterocycles. The first-order valence-corrected chi connectivity index (χ1v) is 7.88. The first kappa shape index (κ1) is 17.1. The molecule has 0 bridgehead atoms. The van der Waals surface area contributed by atoms with Gasteiger partial charge in [-0.05, 0) is 42.2 Å². The van der Waals surface area contributed by atoms with Crippen molar-refractivity contribution < 1.29 is 0 Å². The number of rotatable bonds is 3. The Bertz CT molecular complexity index is 633. The van der Waals surface area contributed by atoms with E-state index in [2.05, 4.69) is 59.6 Å². The summed E-state index contributed by atoms with van der Waals surface area (Å²) >= 11 is 0. The van der Waals surface area contributed by atoms with Crippen molar-refractivity contribution in [2.75, 3.05) is 19.6 Å². The molecule has 118 valence electrons. The third-order valence-corrected chi connectivity index (χ3v) is 3.97. The predicted molar refractivity (Wildman–Crippen MR) is 105 cm³/mol. The van der Waals surface area contributed by atoms with Gasteiger partial charge in [0.1, 0.15) is 0 Å². The lowest BCUT2D eigenvalue weighted by molar-refractivity contribution is 0.493. The van der Waals surface area contributed by atoms with E-state index in [0.29, 0.717) is 0 Å². The van der Waals surface area contributed by atoms with Gasteiger partial charge in [-0.15, -0.1) is 24.0 Å². The Morgan fingerprint density at radius 2 is 1.82 bits per heavy atom. The van der Waals surface area contributed by atoms with E-state index >= 15 is 0 Å². The molecular formula is C18H24IN3. The number of fused-ring (bicyclic) bond motifs is 1. The van der Waals surface area contributed by atoms with E-state index in [9.17, 15) is 0 Å². The monoisotopic (exact) mass is 409 g/mol. The molecule has 0 unspecified atom stereocenters. The van der Waals surface area contributed by atoms with Crippen molar-refractivity contribution in [3.05, 3.63) is 48.0 Å². The van der Waals surface area contributed by atoms with E-state index in [1.54, 1.807) is 0 Å². The molecule has 22 heavy (non-hydrogen) atoms. The van der Waals surface area contributed by atoms with Gasteiger partial charge in [0.05, 0.1) is 6.54 Å². The van der Waals surface area contributed by atoms with Gasteiger partial charge in [-0.1, -0.05) is 36.4 Å². The molecule has 1 N–H and O–H groups in total. The molecular weight excluding hydrogens is 385 g/mol. The zero-order valence-corrected chi connectivity index (χ0v) is 15.4. The number of halogens is 1. The number of benzene rings is 2. The number of hydrogen-bond acceptors (Lipinski definition) is 1. The highest BCUT2D eigenvalue weighted by Crippen LogP contribution is 2.16. The Balaban J connectivity index is 0.00000176. The van der Waals surface area contributed by atoms with Crippen LogP contribution in [-0.2, 0) is 6.54 Å². The molecule has 2 aromatic carbocycles. The minimum absolute atomic E-state index is 0. The predicted octanol–water partition coefficient (Wildman–Crippen LogP) is 4.02. The van der Waals surface area contributed by atoms with Gasteiger partial charge in [-0.3, -0.25) is 0 Å². The SMILES string of the molecule is CCNC(=NCc1ccc2ccccc2c1)N1CCCC1.I. The number of nitrogens with zero attached hydrogens (tertiary/aromatic N) is 2. The van der Waals surface area contributed by atoms with Crippen molar-refractivity contribution in [3.8, 4) is 0 Å². The molecule has 1 saturated heterocycles. The Morgan fingerprint density at radius 1 is 1.09 bits per heavy atom. The number of guanidine groups is 1. The quantitative estimate of drug-likeness (QED) is 0.471. The topological polar surface area (TPSA) is 27.6 Å². The maximum absolute atomic E-state index is 4.80. The molecule has 3 rings (SSSR count). The van der Waals surface area contributed by atoms with E-state index in [1.807, 2.05) is 0 Å². The van der Waals surface area contributed by atoms with Crippen LogP contribution >= 0.6 is 24.0 Å². The third-order valence-electron chi connectivity index (χ3n) is 3.97. The van der Waals surface area contributed by atoms with E-state index in [-0.39, 0.29) is 24.0 Å². The lowest BCUT2D eigenvalue weighted by Gasteiger charge is -2.20. The molecule has 0 radical (unpaired) electrons. The van der Waals surface area contributed by atoms with Crippen LogP contribution in [0.2, 0.25) is 0 Å². The zero-order chi connectivity index (χ0) is 14.5. The highest BCUT2D eigenvalue weighted by Gasteiger charge is 2.15. The van der Waals surface area contributed by atoms with Crippen LogP contribution in [0.3, 0.4) is 0 Å². The van der Waals surface area contributed by atoms with Crippen LogP contribution in [0.5, 0.6) is 0 Å². The van der Waals surface area contributed by atoms with E-state index < -0.39 is 0 Å². The summed E-state index contributed by atoms with van der Waals surface area (Å²) in [4.78, 5) is 7.17. The molecule has 0 amide bonds. The average molecular weight is 409 g/mol. The Labute approximate surface area is 149 Å². The van der Waals surface area contributed by atoms with Gasteiger partial charge in [-0.2, -0.15) is 0 Å². The average Bonchev–Trinajstić information content (AvgIpc) is 3.05. The van der Waals surface area contributed by atoms with Crippen LogP contribution < -0.4 is 5.32 Å². The maximum atomic E-state index is 4.80. The molecule has 4 heteroatoms. The normalized spacial score (nSPS) is 15.0. The lowest BCUT2D eigenvalue weighted by Crippen LogP contribution is -2.39. The standard InChI is InChI=1S/C18H23N3.HI/c1-2-19-18(21-11-5-6-12-21)20-14-15-9-10-16-7-3-4-8-17(16)13-15;/h3-4,7-10,13H,2,5-6,11-12,14H2,1H3,(H,19,20);1H. The van der Waals surface area contributed by atoms with Crippen LogP contribution in [0.15, 0.2) is 47.5 Å². The van der Waals surface area contributed by atoms with Crippen LogP contribution in [0, 0.1) is 0 Å². The fraction of sp³-hybridized carbons (Fsp3) is 0.389. The fourth-order valence-electron chi connectivity index (χ4n) is 2.86. The Kier molecular flexibility index (Phi) is 6.49. The van der Waals surface area contributed by atoms with Crippen molar-refractivity contribution in [3.63, 3.8) is 0 Å². The summed E-state index contributed by atoms with van der Waals surface area (Å²) in [6, 6.07) is 15.1. The van der Waals surface area contributed by atoms with Gasteiger partial charge in [0.2, 0.25) is 0 Å². The van der Waals surface area contributed by atoms with Gasteiger partial charge in [-0.25, -0.2) is 4.99 Å². The molecule has 0 aliphatic carbocycles. The molecule has 3 nitrogen and oxygen atoms in total. The van der Waals surface area contributed by atoms with Gasteiger partial charge in [0, 0.05) is 19.6 Å². The minimum atomic E-state index is 0. The summed E-state index contributed by atoms with van der Waals surface area (Å²) in [5.41, 5.74) is 1.27.